The number of piperidine rings is 1. The molecule has 4 heterocycles. The fourth-order valence-electron chi connectivity index (χ4n) is 4.50. The molecule has 2 bridgehead atoms. The number of fused-ring (bicyclic) bond motifs is 4. The second-order valence-electron chi connectivity index (χ2n) is 8.40. The third-order valence-corrected chi connectivity index (χ3v) is 6.21. The van der Waals surface area contributed by atoms with Gasteiger partial charge in [-0.2, -0.15) is 5.10 Å². The van der Waals surface area contributed by atoms with Crippen molar-refractivity contribution in [3.05, 3.63) is 17.0 Å². The van der Waals surface area contributed by atoms with Crippen molar-refractivity contribution in [1.82, 2.24) is 24.5 Å². The number of likely N-dealkylation sites (N-methyl/N-ethyl adjacent to an activating group) is 1. The van der Waals surface area contributed by atoms with Crippen molar-refractivity contribution >= 4 is 11.8 Å². The van der Waals surface area contributed by atoms with Crippen LogP contribution in [0.15, 0.2) is 0 Å². The minimum Gasteiger partial charge on any atom is -0.348 e. The molecule has 27 heavy (non-hydrogen) atoms. The van der Waals surface area contributed by atoms with Crippen molar-refractivity contribution in [3.63, 3.8) is 0 Å². The van der Waals surface area contributed by atoms with Gasteiger partial charge in [-0.1, -0.05) is 0 Å². The highest BCUT2D eigenvalue weighted by atomic mass is 16.2. The summed E-state index contributed by atoms with van der Waals surface area (Å²) in [5.74, 6) is 0.856. The van der Waals surface area contributed by atoms with Crippen molar-refractivity contribution in [2.24, 2.45) is 13.0 Å². The molecule has 7 nitrogen and oxygen atoms in total. The first kappa shape index (κ1) is 19.9. The Kier molecular flexibility index (Phi) is 5.89. The molecule has 0 radical (unpaired) electrons. The van der Waals surface area contributed by atoms with Crippen LogP contribution in [0.3, 0.4) is 0 Å². The fourth-order valence-corrected chi connectivity index (χ4v) is 4.50. The molecule has 4 rings (SSSR count). The Hall–Kier alpha value is -1.89. The maximum atomic E-state index is 13.0. The summed E-state index contributed by atoms with van der Waals surface area (Å²) in [7, 11) is 5.55. The fraction of sp³-hybridized carbons (Fsp3) is 0.750. The summed E-state index contributed by atoms with van der Waals surface area (Å²) in [6, 6.07) is 0.238. The normalized spacial score (nSPS) is 22.8. The van der Waals surface area contributed by atoms with Gasteiger partial charge < -0.3 is 9.80 Å². The van der Waals surface area contributed by atoms with E-state index in [0.29, 0.717) is 18.9 Å². The van der Waals surface area contributed by atoms with Gasteiger partial charge in [-0.3, -0.25) is 19.2 Å². The standard InChI is InChI=1S/C20H33N5O2/c1-14-18(15(2)23(5)21-14)8-9-19(26)25-11-16-6-7-17(25)12-24(10-16)13-20(27)22(3)4/h16-17H,6-13H2,1-5H3/t16-,17+/m1/s1. The zero-order chi connectivity index (χ0) is 19.7. The molecule has 3 aliphatic rings. The molecule has 2 atom stereocenters. The monoisotopic (exact) mass is 375 g/mol. The van der Waals surface area contributed by atoms with Gasteiger partial charge in [0.1, 0.15) is 0 Å². The molecule has 0 unspecified atom stereocenters. The van der Waals surface area contributed by atoms with Crippen LogP contribution in [0.1, 0.15) is 36.2 Å². The number of aryl methyl sites for hydroxylation is 2. The molecule has 1 aromatic rings. The highest BCUT2D eigenvalue weighted by Gasteiger charge is 2.37. The maximum Gasteiger partial charge on any atom is 0.236 e. The topological polar surface area (TPSA) is 61.7 Å². The summed E-state index contributed by atoms with van der Waals surface area (Å²) in [6.45, 7) is 7.10. The van der Waals surface area contributed by atoms with Crippen LogP contribution in [0, 0.1) is 19.8 Å². The summed E-state index contributed by atoms with van der Waals surface area (Å²) in [5.41, 5.74) is 3.36. The first-order valence-electron chi connectivity index (χ1n) is 9.97. The van der Waals surface area contributed by atoms with Crippen molar-refractivity contribution in [2.45, 2.75) is 45.6 Å². The minimum atomic E-state index is 0.136. The third-order valence-electron chi connectivity index (χ3n) is 6.21. The number of nitrogens with zero attached hydrogens (tertiary/aromatic N) is 5. The first-order chi connectivity index (χ1) is 12.8. The predicted octanol–water partition coefficient (Wildman–Crippen LogP) is 0.981. The lowest BCUT2D eigenvalue weighted by Gasteiger charge is -2.36. The molecular formula is C20H33N5O2. The predicted molar refractivity (Wildman–Crippen MR) is 104 cm³/mol. The number of hydrogen-bond acceptors (Lipinski definition) is 4. The van der Waals surface area contributed by atoms with Gasteiger partial charge in [-0.15, -0.1) is 0 Å². The Morgan fingerprint density at radius 1 is 1.15 bits per heavy atom. The van der Waals surface area contributed by atoms with Crippen LogP contribution in [-0.2, 0) is 23.1 Å². The highest BCUT2D eigenvalue weighted by Crippen LogP contribution is 2.29. The summed E-state index contributed by atoms with van der Waals surface area (Å²) >= 11 is 0. The molecule has 150 valence electrons. The smallest absolute Gasteiger partial charge is 0.236 e. The van der Waals surface area contributed by atoms with Crippen molar-refractivity contribution in [3.8, 4) is 0 Å². The molecule has 3 saturated heterocycles. The minimum absolute atomic E-state index is 0.136. The second kappa shape index (κ2) is 8.00. The van der Waals surface area contributed by atoms with E-state index in [1.54, 1.807) is 19.0 Å². The van der Waals surface area contributed by atoms with Gasteiger partial charge >= 0.3 is 0 Å². The molecule has 7 heteroatoms. The largest absolute Gasteiger partial charge is 0.348 e. The Bertz CT molecular complexity index is 711. The van der Waals surface area contributed by atoms with E-state index in [0.717, 1.165) is 50.3 Å². The lowest BCUT2D eigenvalue weighted by Crippen LogP contribution is -2.48. The number of carbonyl (C=O) groups is 2. The zero-order valence-electron chi connectivity index (χ0n) is 17.4. The quantitative estimate of drug-likeness (QED) is 0.770. The molecule has 0 aliphatic carbocycles. The summed E-state index contributed by atoms with van der Waals surface area (Å²) in [4.78, 5) is 31.1. The average Bonchev–Trinajstić information content (AvgIpc) is 2.79. The Morgan fingerprint density at radius 3 is 2.52 bits per heavy atom. The van der Waals surface area contributed by atoms with Gasteiger partial charge in [0.2, 0.25) is 11.8 Å². The summed E-state index contributed by atoms with van der Waals surface area (Å²) in [5, 5.41) is 4.46. The van der Waals surface area contributed by atoms with E-state index >= 15 is 0 Å². The number of hydrogen-bond donors (Lipinski definition) is 0. The molecule has 3 fully saturated rings. The van der Waals surface area contributed by atoms with Gasteiger partial charge in [0, 0.05) is 58.9 Å². The SMILES string of the molecule is Cc1nn(C)c(C)c1CCC(=O)N1C[C@@H]2CC[C@H]1CN(CC(=O)N(C)C)C2. The van der Waals surface area contributed by atoms with Crippen LogP contribution in [0.4, 0.5) is 0 Å². The lowest BCUT2D eigenvalue weighted by atomic mass is 9.94. The van der Waals surface area contributed by atoms with Gasteiger partial charge in [-0.25, -0.2) is 0 Å². The maximum absolute atomic E-state index is 13.0. The molecule has 0 spiro atoms. The van der Waals surface area contributed by atoms with Crippen molar-refractivity contribution in [1.29, 1.82) is 0 Å². The van der Waals surface area contributed by atoms with Gasteiger partial charge in [0.25, 0.3) is 0 Å². The van der Waals surface area contributed by atoms with Crippen LogP contribution in [0.2, 0.25) is 0 Å². The van der Waals surface area contributed by atoms with Crippen LogP contribution in [0.25, 0.3) is 0 Å². The molecule has 2 amide bonds. The molecule has 0 N–H and O–H groups in total. The van der Waals surface area contributed by atoms with E-state index < -0.39 is 0 Å². The van der Waals surface area contributed by atoms with Crippen LogP contribution < -0.4 is 0 Å². The summed E-state index contributed by atoms with van der Waals surface area (Å²) in [6.07, 6.45) is 3.49. The van der Waals surface area contributed by atoms with Crippen LogP contribution >= 0.6 is 0 Å². The second-order valence-corrected chi connectivity index (χ2v) is 8.40. The molecular weight excluding hydrogens is 342 g/mol. The van der Waals surface area contributed by atoms with Crippen LogP contribution in [0.5, 0.6) is 0 Å². The zero-order valence-corrected chi connectivity index (χ0v) is 17.4. The van der Waals surface area contributed by atoms with E-state index in [1.807, 2.05) is 18.7 Å². The third kappa shape index (κ3) is 4.34. The van der Waals surface area contributed by atoms with E-state index in [2.05, 4.69) is 21.8 Å². The molecule has 3 aliphatic heterocycles. The van der Waals surface area contributed by atoms with E-state index in [4.69, 9.17) is 0 Å². The molecule has 0 aromatic carbocycles. The van der Waals surface area contributed by atoms with Gasteiger partial charge in [0.05, 0.1) is 12.2 Å². The summed E-state index contributed by atoms with van der Waals surface area (Å²) < 4.78 is 1.89. The Balaban J connectivity index is 1.62. The van der Waals surface area contributed by atoms with Gasteiger partial charge in [-0.05, 0) is 44.6 Å². The van der Waals surface area contributed by atoms with Crippen molar-refractivity contribution < 1.29 is 9.59 Å². The number of amides is 2. The number of carbonyl (C=O) groups excluding carboxylic acids is 2. The first-order valence-corrected chi connectivity index (χ1v) is 9.97. The van der Waals surface area contributed by atoms with Gasteiger partial charge in [0.15, 0.2) is 0 Å². The number of rotatable bonds is 5. The van der Waals surface area contributed by atoms with E-state index in [9.17, 15) is 9.59 Å². The van der Waals surface area contributed by atoms with Crippen molar-refractivity contribution in [2.75, 3.05) is 40.3 Å². The highest BCUT2D eigenvalue weighted by molar-refractivity contribution is 5.78. The lowest BCUT2D eigenvalue weighted by molar-refractivity contribution is -0.135. The number of aromatic nitrogens is 2. The van der Waals surface area contributed by atoms with E-state index in [1.165, 1.54) is 5.56 Å². The van der Waals surface area contributed by atoms with Crippen LogP contribution in [-0.4, -0.2) is 82.6 Å². The molecule has 1 aromatic heterocycles. The Labute approximate surface area is 162 Å². The van der Waals surface area contributed by atoms with E-state index in [-0.39, 0.29) is 17.9 Å². The molecule has 0 saturated carbocycles. The average molecular weight is 376 g/mol. The Morgan fingerprint density at radius 2 is 1.89 bits per heavy atom.